The summed E-state index contributed by atoms with van der Waals surface area (Å²) in [5.74, 6) is 0.812. The molecule has 0 amide bonds. The molecule has 2 N–H and O–H groups in total. The summed E-state index contributed by atoms with van der Waals surface area (Å²) < 4.78 is 39.6. The molecule has 0 unspecified atom stereocenters. The zero-order valence-electron chi connectivity index (χ0n) is 16.3. The first-order valence-corrected chi connectivity index (χ1v) is 10.4. The summed E-state index contributed by atoms with van der Waals surface area (Å²) in [7, 11) is -2.49. The third-order valence-electron chi connectivity index (χ3n) is 4.08. The molecule has 152 valence electrons. The van der Waals surface area contributed by atoms with Gasteiger partial charge in [-0.05, 0) is 43.7 Å². The van der Waals surface area contributed by atoms with E-state index in [2.05, 4.69) is 20.2 Å². The number of sulfonamides is 1. The highest BCUT2D eigenvalue weighted by molar-refractivity contribution is 7.92. The largest absolute Gasteiger partial charge is 0.495 e. The number of benzene rings is 2. The summed E-state index contributed by atoms with van der Waals surface area (Å²) in [6.07, 6.45) is 3.10. The van der Waals surface area contributed by atoms with Gasteiger partial charge in [0, 0.05) is 6.07 Å². The number of ether oxygens (including phenoxy) is 2. The molecule has 8 nitrogen and oxygen atoms in total. The molecular weight excluding hydrogens is 392 g/mol. The molecule has 0 radical (unpaired) electrons. The molecule has 0 saturated heterocycles. The lowest BCUT2D eigenvalue weighted by atomic mass is 10.1. The van der Waals surface area contributed by atoms with Crippen molar-refractivity contribution in [1.29, 1.82) is 0 Å². The van der Waals surface area contributed by atoms with Crippen molar-refractivity contribution >= 4 is 27.1 Å². The molecule has 3 aromatic rings. The Balaban J connectivity index is 2.06. The minimum absolute atomic E-state index is 0.0403. The number of nitrogens with zero attached hydrogens (tertiary/aromatic N) is 2. The van der Waals surface area contributed by atoms with Gasteiger partial charge in [0.05, 0.1) is 43.2 Å². The lowest BCUT2D eigenvalue weighted by Gasteiger charge is -2.19. The molecule has 1 aromatic heterocycles. The van der Waals surface area contributed by atoms with E-state index < -0.39 is 10.0 Å². The highest BCUT2D eigenvalue weighted by atomic mass is 32.2. The van der Waals surface area contributed by atoms with Gasteiger partial charge in [0.2, 0.25) is 0 Å². The molecule has 0 aliphatic rings. The number of rotatable bonds is 8. The van der Waals surface area contributed by atoms with Gasteiger partial charge in [-0.2, -0.15) is 10.2 Å². The maximum atomic E-state index is 13.1. The molecule has 0 spiro atoms. The maximum absolute atomic E-state index is 13.1. The van der Waals surface area contributed by atoms with Crippen LogP contribution in [0.3, 0.4) is 0 Å². The standard InChI is InChI=1S/C20H22N4O4S/c1-4-28-16-11-14(2)20(23-15-9-10-21-22-13-15)17(12-16)24-29(25,26)19-8-6-5-7-18(19)27-3/h5-13,24H,4H2,1-3H3,(H,21,23). The monoisotopic (exact) mass is 414 g/mol. The molecule has 2 aromatic carbocycles. The van der Waals surface area contributed by atoms with Gasteiger partial charge in [-0.3, -0.25) is 4.72 Å². The molecule has 0 saturated carbocycles. The first-order chi connectivity index (χ1) is 13.9. The Kier molecular flexibility index (Phi) is 6.18. The fraction of sp³-hybridized carbons (Fsp3) is 0.200. The third-order valence-corrected chi connectivity index (χ3v) is 5.48. The van der Waals surface area contributed by atoms with Crippen molar-refractivity contribution in [2.75, 3.05) is 23.8 Å². The van der Waals surface area contributed by atoms with Crippen LogP contribution in [0.25, 0.3) is 0 Å². The Hall–Kier alpha value is -3.33. The normalized spacial score (nSPS) is 11.0. The molecular formula is C20H22N4O4S. The van der Waals surface area contributed by atoms with Crippen molar-refractivity contribution in [3.05, 3.63) is 60.4 Å². The van der Waals surface area contributed by atoms with Gasteiger partial charge in [-0.15, -0.1) is 0 Å². The number of methoxy groups -OCH3 is 1. The van der Waals surface area contributed by atoms with E-state index in [0.717, 1.165) is 5.56 Å². The van der Waals surface area contributed by atoms with Crippen LogP contribution in [-0.2, 0) is 10.0 Å². The average Bonchev–Trinajstić information content (AvgIpc) is 2.71. The predicted octanol–water partition coefficient (Wildman–Crippen LogP) is 3.74. The summed E-state index contributed by atoms with van der Waals surface area (Å²) >= 11 is 0. The van der Waals surface area contributed by atoms with Crippen LogP contribution in [-0.4, -0.2) is 32.3 Å². The second-order valence-electron chi connectivity index (χ2n) is 6.11. The Morgan fingerprint density at radius 3 is 2.59 bits per heavy atom. The van der Waals surface area contributed by atoms with Crippen LogP contribution in [0, 0.1) is 6.92 Å². The first-order valence-electron chi connectivity index (χ1n) is 8.91. The average molecular weight is 414 g/mol. The van der Waals surface area contributed by atoms with Crippen molar-refractivity contribution in [2.24, 2.45) is 0 Å². The van der Waals surface area contributed by atoms with E-state index in [-0.39, 0.29) is 10.6 Å². The molecule has 9 heteroatoms. The summed E-state index contributed by atoms with van der Waals surface area (Å²) in [5.41, 5.74) is 2.39. The van der Waals surface area contributed by atoms with Gasteiger partial charge >= 0.3 is 0 Å². The van der Waals surface area contributed by atoms with Gasteiger partial charge < -0.3 is 14.8 Å². The van der Waals surface area contributed by atoms with Gasteiger partial charge in [-0.1, -0.05) is 12.1 Å². The quantitative estimate of drug-likeness (QED) is 0.579. The number of hydrogen-bond donors (Lipinski definition) is 2. The van der Waals surface area contributed by atoms with Crippen molar-refractivity contribution in [3.8, 4) is 11.5 Å². The smallest absolute Gasteiger partial charge is 0.265 e. The molecule has 0 aliphatic heterocycles. The van der Waals surface area contributed by atoms with Crippen molar-refractivity contribution in [1.82, 2.24) is 10.2 Å². The van der Waals surface area contributed by atoms with Gasteiger partial charge in [0.15, 0.2) is 0 Å². The molecule has 3 rings (SSSR count). The fourth-order valence-electron chi connectivity index (χ4n) is 2.80. The SMILES string of the molecule is CCOc1cc(C)c(Nc2ccnnc2)c(NS(=O)(=O)c2ccccc2OC)c1. The minimum atomic E-state index is -3.92. The van der Waals surface area contributed by atoms with E-state index in [1.165, 1.54) is 13.2 Å². The lowest BCUT2D eigenvalue weighted by Crippen LogP contribution is -2.15. The Morgan fingerprint density at radius 1 is 1.10 bits per heavy atom. The lowest BCUT2D eigenvalue weighted by molar-refractivity contribution is 0.340. The zero-order valence-corrected chi connectivity index (χ0v) is 17.2. The van der Waals surface area contributed by atoms with Crippen LogP contribution >= 0.6 is 0 Å². The predicted molar refractivity (Wildman–Crippen MR) is 111 cm³/mol. The van der Waals surface area contributed by atoms with Gasteiger partial charge in [0.1, 0.15) is 16.4 Å². The number of para-hydroxylation sites is 1. The van der Waals surface area contributed by atoms with Crippen molar-refractivity contribution in [2.45, 2.75) is 18.7 Å². The summed E-state index contributed by atoms with van der Waals surface area (Å²) in [6, 6.07) is 11.6. The summed E-state index contributed by atoms with van der Waals surface area (Å²) in [6.45, 7) is 4.18. The van der Waals surface area contributed by atoms with E-state index in [1.54, 1.807) is 42.7 Å². The molecule has 1 heterocycles. The number of anilines is 3. The van der Waals surface area contributed by atoms with Crippen LogP contribution in [0.2, 0.25) is 0 Å². The minimum Gasteiger partial charge on any atom is -0.495 e. The van der Waals surface area contributed by atoms with E-state index in [9.17, 15) is 8.42 Å². The Bertz CT molecular complexity index is 1090. The Labute approximate surface area is 170 Å². The zero-order chi connectivity index (χ0) is 20.9. The fourth-order valence-corrected chi connectivity index (χ4v) is 4.03. The van der Waals surface area contributed by atoms with E-state index >= 15 is 0 Å². The van der Waals surface area contributed by atoms with Gasteiger partial charge in [0.25, 0.3) is 10.0 Å². The highest BCUT2D eigenvalue weighted by Crippen LogP contribution is 2.36. The van der Waals surface area contributed by atoms with Crippen molar-refractivity contribution in [3.63, 3.8) is 0 Å². The number of hydrogen-bond acceptors (Lipinski definition) is 7. The second kappa shape index (κ2) is 8.78. The van der Waals surface area contributed by atoms with Crippen molar-refractivity contribution < 1.29 is 17.9 Å². The molecule has 0 atom stereocenters. The molecule has 29 heavy (non-hydrogen) atoms. The van der Waals surface area contributed by atoms with Crippen LogP contribution in [0.15, 0.2) is 59.8 Å². The van der Waals surface area contributed by atoms with Gasteiger partial charge in [-0.25, -0.2) is 8.42 Å². The molecule has 0 fully saturated rings. The van der Waals surface area contributed by atoms with E-state index in [4.69, 9.17) is 9.47 Å². The second-order valence-corrected chi connectivity index (χ2v) is 7.76. The summed E-state index contributed by atoms with van der Waals surface area (Å²) in [4.78, 5) is 0.0403. The third kappa shape index (κ3) is 4.75. The molecule has 0 aliphatic carbocycles. The topological polar surface area (TPSA) is 102 Å². The first kappa shape index (κ1) is 20.4. The highest BCUT2D eigenvalue weighted by Gasteiger charge is 2.22. The number of aromatic nitrogens is 2. The van der Waals surface area contributed by atoms with E-state index in [0.29, 0.717) is 29.4 Å². The maximum Gasteiger partial charge on any atom is 0.265 e. The van der Waals surface area contributed by atoms with Crippen LogP contribution < -0.4 is 19.5 Å². The number of nitrogens with one attached hydrogen (secondary N) is 2. The van der Waals surface area contributed by atoms with Crippen LogP contribution in [0.1, 0.15) is 12.5 Å². The molecule has 0 bridgehead atoms. The summed E-state index contributed by atoms with van der Waals surface area (Å²) in [5, 5.41) is 10.8. The van der Waals surface area contributed by atoms with E-state index in [1.807, 2.05) is 19.9 Å². The van der Waals surface area contributed by atoms with Crippen LogP contribution in [0.5, 0.6) is 11.5 Å². The number of aryl methyl sites for hydroxylation is 1. The Morgan fingerprint density at radius 2 is 1.90 bits per heavy atom. The van der Waals surface area contributed by atoms with Crippen LogP contribution in [0.4, 0.5) is 17.1 Å².